The number of aromatic nitrogens is 2. The van der Waals surface area contributed by atoms with Crippen molar-refractivity contribution in [2.75, 3.05) is 12.4 Å². The fourth-order valence-electron chi connectivity index (χ4n) is 2.05. The molecule has 1 aromatic heterocycles. The average Bonchev–Trinajstić information content (AvgIpc) is 3.11. The van der Waals surface area contributed by atoms with Crippen LogP contribution in [0.5, 0.6) is 0 Å². The summed E-state index contributed by atoms with van der Waals surface area (Å²) in [4.78, 5) is 12.8. The number of hydrogen-bond acceptors (Lipinski definition) is 7. The lowest BCUT2D eigenvalue weighted by Gasteiger charge is -2.04. The smallest absolute Gasteiger partial charge is 0.396 e. The van der Waals surface area contributed by atoms with Crippen molar-refractivity contribution in [3.63, 3.8) is 0 Å². The number of ether oxygens (including phenoxy) is 1. The van der Waals surface area contributed by atoms with E-state index in [1.54, 1.807) is 6.92 Å². The van der Waals surface area contributed by atoms with Crippen LogP contribution in [0.3, 0.4) is 0 Å². The van der Waals surface area contributed by atoms with E-state index in [0.717, 1.165) is 12.2 Å². The van der Waals surface area contributed by atoms with E-state index >= 15 is 0 Å². The third-order valence-electron chi connectivity index (χ3n) is 2.96. The van der Waals surface area contributed by atoms with Gasteiger partial charge in [0.25, 0.3) is 5.22 Å². The second-order valence-corrected chi connectivity index (χ2v) is 6.77. The molecule has 0 aliphatic carbocycles. The zero-order valence-electron chi connectivity index (χ0n) is 11.4. The Kier molecular flexibility index (Phi) is 4.50. The molecule has 2 aromatic rings. The number of hydrogen-bond donors (Lipinski definition) is 0. The van der Waals surface area contributed by atoms with E-state index in [-0.39, 0.29) is 5.89 Å². The van der Waals surface area contributed by atoms with Crippen LogP contribution in [0.2, 0.25) is 0 Å². The molecule has 0 saturated carbocycles. The van der Waals surface area contributed by atoms with Gasteiger partial charge in [0, 0.05) is 15.9 Å². The van der Waals surface area contributed by atoms with Crippen LogP contribution in [-0.2, 0) is 11.2 Å². The maximum atomic E-state index is 11.4. The summed E-state index contributed by atoms with van der Waals surface area (Å²) >= 11 is 3.35. The number of thioether (sulfide) groups is 2. The van der Waals surface area contributed by atoms with E-state index in [1.807, 2.05) is 11.8 Å². The first-order chi connectivity index (χ1) is 10.3. The quantitative estimate of drug-likeness (QED) is 0.619. The lowest BCUT2D eigenvalue weighted by molar-refractivity contribution is 0.0475. The van der Waals surface area contributed by atoms with Crippen LogP contribution >= 0.6 is 23.5 Å². The highest BCUT2D eigenvalue weighted by Crippen LogP contribution is 2.38. The van der Waals surface area contributed by atoms with E-state index in [4.69, 9.17) is 9.15 Å². The minimum absolute atomic E-state index is 0.0817. The summed E-state index contributed by atoms with van der Waals surface area (Å²) in [7, 11) is 0. The summed E-state index contributed by atoms with van der Waals surface area (Å²) < 4.78 is 10.1. The summed E-state index contributed by atoms with van der Waals surface area (Å²) in [5, 5.41) is 8.47. The molecular formula is C14H14N2O3S2. The van der Waals surface area contributed by atoms with Crippen molar-refractivity contribution in [2.24, 2.45) is 0 Å². The van der Waals surface area contributed by atoms with Gasteiger partial charge >= 0.3 is 11.9 Å². The van der Waals surface area contributed by atoms with Gasteiger partial charge in [-0.3, -0.25) is 0 Å². The van der Waals surface area contributed by atoms with Crippen molar-refractivity contribution in [1.82, 2.24) is 10.2 Å². The molecule has 5 nitrogen and oxygen atoms in total. The zero-order valence-corrected chi connectivity index (χ0v) is 13.1. The van der Waals surface area contributed by atoms with Crippen molar-refractivity contribution < 1.29 is 13.9 Å². The predicted molar refractivity (Wildman–Crippen MR) is 80.8 cm³/mol. The molecule has 7 heteroatoms. The van der Waals surface area contributed by atoms with E-state index in [2.05, 4.69) is 34.5 Å². The summed E-state index contributed by atoms with van der Waals surface area (Å²) in [6, 6.07) is 8.44. The third kappa shape index (κ3) is 3.41. The average molecular weight is 322 g/mol. The Hall–Kier alpha value is -1.47. The Balaban J connectivity index is 1.54. The molecule has 0 bridgehead atoms. The molecule has 0 fully saturated rings. The molecule has 1 aliphatic heterocycles. The number of rotatable bonds is 5. The molecule has 3 rings (SSSR count). The highest BCUT2D eigenvalue weighted by atomic mass is 32.2. The van der Waals surface area contributed by atoms with Crippen LogP contribution in [-0.4, -0.2) is 33.8 Å². The first kappa shape index (κ1) is 14.5. The van der Waals surface area contributed by atoms with Crippen LogP contribution in [0, 0.1) is 0 Å². The van der Waals surface area contributed by atoms with Crippen LogP contribution in [0.15, 0.2) is 38.8 Å². The Morgan fingerprint density at radius 3 is 3.14 bits per heavy atom. The zero-order chi connectivity index (χ0) is 14.7. The minimum Gasteiger partial charge on any atom is -0.459 e. The summed E-state index contributed by atoms with van der Waals surface area (Å²) in [5.74, 6) is 0.213. The first-order valence-corrected chi connectivity index (χ1v) is 8.50. The lowest BCUT2D eigenvalue weighted by atomic mass is 10.1. The maximum Gasteiger partial charge on any atom is 0.396 e. The molecule has 0 spiro atoms. The molecule has 110 valence electrons. The van der Waals surface area contributed by atoms with Gasteiger partial charge in [0.2, 0.25) is 0 Å². The van der Waals surface area contributed by atoms with Gasteiger partial charge in [0.05, 0.1) is 6.61 Å². The Morgan fingerprint density at radius 2 is 2.33 bits per heavy atom. The largest absolute Gasteiger partial charge is 0.459 e. The molecular weight excluding hydrogens is 308 g/mol. The molecule has 0 amide bonds. The van der Waals surface area contributed by atoms with Crippen molar-refractivity contribution >= 4 is 29.5 Å². The normalized spacial score (nSPS) is 16.7. The Labute approximate surface area is 130 Å². The van der Waals surface area contributed by atoms with E-state index in [9.17, 15) is 4.79 Å². The SMILES string of the molecule is CCOC(=O)c1nnc(SCC2Cc3ccccc3S2)o1. The van der Waals surface area contributed by atoms with E-state index in [0.29, 0.717) is 17.1 Å². The van der Waals surface area contributed by atoms with Gasteiger partial charge in [0.15, 0.2) is 0 Å². The Morgan fingerprint density at radius 1 is 1.48 bits per heavy atom. The van der Waals surface area contributed by atoms with Crippen molar-refractivity contribution in [1.29, 1.82) is 0 Å². The molecule has 1 unspecified atom stereocenters. The summed E-state index contributed by atoms with van der Waals surface area (Å²) in [5.41, 5.74) is 1.39. The number of benzene rings is 1. The number of esters is 1. The van der Waals surface area contributed by atoms with Gasteiger partial charge in [-0.15, -0.1) is 16.9 Å². The second-order valence-electron chi connectivity index (χ2n) is 4.46. The van der Waals surface area contributed by atoms with Crippen LogP contribution < -0.4 is 0 Å². The summed E-state index contributed by atoms with van der Waals surface area (Å²) in [6.45, 7) is 2.03. The molecule has 1 aromatic carbocycles. The van der Waals surface area contributed by atoms with Crippen LogP contribution in [0.25, 0.3) is 0 Å². The number of nitrogens with zero attached hydrogens (tertiary/aromatic N) is 2. The lowest BCUT2D eigenvalue weighted by Crippen LogP contribution is -2.04. The molecule has 1 aliphatic rings. The van der Waals surface area contributed by atoms with Gasteiger partial charge in [-0.1, -0.05) is 35.1 Å². The maximum absolute atomic E-state index is 11.4. The molecule has 0 saturated heterocycles. The molecule has 21 heavy (non-hydrogen) atoms. The fourth-order valence-corrected chi connectivity index (χ4v) is 4.30. The van der Waals surface area contributed by atoms with Crippen molar-refractivity contribution in [3.05, 3.63) is 35.7 Å². The van der Waals surface area contributed by atoms with E-state index in [1.165, 1.54) is 22.2 Å². The minimum atomic E-state index is -0.570. The monoisotopic (exact) mass is 322 g/mol. The van der Waals surface area contributed by atoms with Crippen molar-refractivity contribution in [2.45, 2.75) is 28.7 Å². The van der Waals surface area contributed by atoms with E-state index < -0.39 is 5.97 Å². The third-order valence-corrected chi connectivity index (χ3v) is 5.47. The van der Waals surface area contributed by atoms with Crippen LogP contribution in [0.1, 0.15) is 23.2 Å². The first-order valence-electron chi connectivity index (χ1n) is 6.64. The topological polar surface area (TPSA) is 65.2 Å². The molecule has 0 N–H and O–H groups in total. The predicted octanol–water partition coefficient (Wildman–Crippen LogP) is 3.06. The molecule has 0 radical (unpaired) electrons. The molecule has 1 atom stereocenters. The highest BCUT2D eigenvalue weighted by Gasteiger charge is 2.23. The molecule has 2 heterocycles. The summed E-state index contributed by atoms with van der Waals surface area (Å²) in [6.07, 6.45) is 1.05. The van der Waals surface area contributed by atoms with Crippen molar-refractivity contribution in [3.8, 4) is 0 Å². The van der Waals surface area contributed by atoms with Gasteiger partial charge in [-0.25, -0.2) is 4.79 Å². The van der Waals surface area contributed by atoms with Gasteiger partial charge in [-0.2, -0.15) is 0 Å². The standard InChI is InChI=1S/C14H14N2O3S2/c1-2-18-13(17)12-15-16-14(19-12)20-8-10-7-9-5-3-4-6-11(9)21-10/h3-6,10H,2,7-8H2,1H3. The van der Waals surface area contributed by atoms with Gasteiger partial charge in [-0.05, 0) is 25.0 Å². The Bertz CT molecular complexity index is 620. The number of fused-ring (bicyclic) bond motifs is 1. The number of carbonyl (C=O) groups excluding carboxylic acids is 1. The highest BCUT2D eigenvalue weighted by molar-refractivity contribution is 8.03. The van der Waals surface area contributed by atoms with Crippen LogP contribution in [0.4, 0.5) is 0 Å². The second kappa shape index (κ2) is 6.53. The number of carbonyl (C=O) groups is 1. The fraction of sp³-hybridized carbons (Fsp3) is 0.357. The van der Waals surface area contributed by atoms with Gasteiger partial charge in [0.1, 0.15) is 0 Å². The van der Waals surface area contributed by atoms with Gasteiger partial charge < -0.3 is 9.15 Å².